The highest BCUT2D eigenvalue weighted by Crippen LogP contribution is 2.29. The third-order valence-corrected chi connectivity index (χ3v) is 6.25. The summed E-state index contributed by atoms with van der Waals surface area (Å²) in [4.78, 5) is 19.1. The van der Waals surface area contributed by atoms with Crippen LogP contribution >= 0.6 is 35.1 Å². The molecule has 2 aromatic rings. The summed E-state index contributed by atoms with van der Waals surface area (Å²) < 4.78 is 5.17. The van der Waals surface area contributed by atoms with Gasteiger partial charge in [0.25, 0.3) is 0 Å². The number of aromatic nitrogens is 1. The summed E-state index contributed by atoms with van der Waals surface area (Å²) in [6.45, 7) is 6.60. The van der Waals surface area contributed by atoms with E-state index in [4.69, 9.17) is 16.1 Å². The van der Waals surface area contributed by atoms with Crippen LogP contribution in [0.1, 0.15) is 23.9 Å². The quantitative estimate of drug-likeness (QED) is 0.707. The lowest BCUT2D eigenvalue weighted by molar-refractivity contribution is -0.124. The van der Waals surface area contributed by atoms with E-state index in [9.17, 15) is 4.79 Å². The molecule has 1 amide bonds. The van der Waals surface area contributed by atoms with Gasteiger partial charge in [0.15, 0.2) is 5.17 Å². The Bertz CT molecular complexity index is 801. The van der Waals surface area contributed by atoms with Crippen LogP contribution in [0.5, 0.6) is 0 Å². The largest absolute Gasteiger partial charge is 0.361 e. The van der Waals surface area contributed by atoms with Gasteiger partial charge in [-0.1, -0.05) is 35.4 Å². The molecule has 1 saturated heterocycles. The van der Waals surface area contributed by atoms with Crippen molar-refractivity contribution in [1.29, 1.82) is 0 Å². The van der Waals surface area contributed by atoms with Gasteiger partial charge in [0.2, 0.25) is 5.91 Å². The molecule has 0 aliphatic carbocycles. The Hall–Kier alpha value is -1.44. The molecule has 2 heterocycles. The normalized spacial score (nSPS) is 18.7. The van der Waals surface area contributed by atoms with Crippen LogP contribution in [-0.4, -0.2) is 38.7 Å². The van der Waals surface area contributed by atoms with Gasteiger partial charge in [-0.15, -0.1) is 11.8 Å². The van der Waals surface area contributed by atoms with E-state index in [1.807, 2.05) is 26.0 Å². The molecule has 26 heavy (non-hydrogen) atoms. The zero-order chi connectivity index (χ0) is 18.7. The van der Waals surface area contributed by atoms with Crippen molar-refractivity contribution in [2.24, 2.45) is 4.99 Å². The van der Waals surface area contributed by atoms with Crippen LogP contribution in [-0.2, 0) is 10.5 Å². The molecule has 0 spiro atoms. The van der Waals surface area contributed by atoms with Gasteiger partial charge in [-0.25, -0.2) is 4.99 Å². The summed E-state index contributed by atoms with van der Waals surface area (Å²) in [5.74, 6) is 2.01. The summed E-state index contributed by atoms with van der Waals surface area (Å²) in [6, 6.07) is 7.31. The number of benzene rings is 1. The van der Waals surface area contributed by atoms with Gasteiger partial charge in [0.05, 0.1) is 17.1 Å². The Morgan fingerprint density at radius 1 is 1.42 bits per heavy atom. The molecule has 1 aromatic heterocycles. The van der Waals surface area contributed by atoms with Crippen molar-refractivity contribution >= 4 is 51.9 Å². The lowest BCUT2D eigenvalue weighted by Gasteiger charge is -2.16. The van der Waals surface area contributed by atoms with Crippen LogP contribution in [0, 0.1) is 13.8 Å². The van der Waals surface area contributed by atoms with Crippen LogP contribution in [0.3, 0.4) is 0 Å². The van der Waals surface area contributed by atoms with E-state index in [0.717, 1.165) is 27.9 Å². The molecule has 5 nitrogen and oxygen atoms in total. The van der Waals surface area contributed by atoms with Crippen molar-refractivity contribution < 1.29 is 9.32 Å². The molecule has 1 aliphatic heterocycles. The predicted octanol–water partition coefficient (Wildman–Crippen LogP) is 4.83. The standard InChI is InChI=1S/C18H20ClN3O2S2/c1-11-8-22(18(26-11)20-15-6-4-14(19)5-7-15)17(23)10-25-9-16-12(2)21-24-13(16)3/h4-7,11H,8-10H2,1-3H3/t11-/m1/s1. The molecule has 1 aliphatic rings. The predicted molar refractivity (Wildman–Crippen MR) is 109 cm³/mol. The molecule has 0 radical (unpaired) electrons. The molecule has 0 saturated carbocycles. The fourth-order valence-electron chi connectivity index (χ4n) is 2.56. The molecule has 138 valence electrons. The minimum atomic E-state index is 0.0753. The van der Waals surface area contributed by atoms with Crippen LogP contribution in [0.2, 0.25) is 5.02 Å². The number of carbonyl (C=O) groups is 1. The molecule has 1 aromatic carbocycles. The number of hydrogen-bond acceptors (Lipinski definition) is 6. The molecular weight excluding hydrogens is 390 g/mol. The maximum absolute atomic E-state index is 12.7. The second-order valence-corrected chi connectivity index (χ2v) is 8.93. The van der Waals surface area contributed by atoms with Crippen molar-refractivity contribution in [2.45, 2.75) is 31.8 Å². The van der Waals surface area contributed by atoms with Crippen LogP contribution in [0.4, 0.5) is 5.69 Å². The Kier molecular flexibility index (Phi) is 6.32. The number of halogens is 1. The molecule has 1 fully saturated rings. The van der Waals surface area contributed by atoms with Crippen molar-refractivity contribution in [3.05, 3.63) is 46.3 Å². The Morgan fingerprint density at radius 3 is 2.81 bits per heavy atom. The molecule has 0 unspecified atom stereocenters. The molecular formula is C18H20ClN3O2S2. The monoisotopic (exact) mass is 409 g/mol. The number of carbonyl (C=O) groups excluding carboxylic acids is 1. The zero-order valence-corrected chi connectivity index (χ0v) is 17.2. The fourth-order valence-corrected chi connectivity index (χ4v) is 4.78. The van der Waals surface area contributed by atoms with Gasteiger partial charge >= 0.3 is 0 Å². The average Bonchev–Trinajstić information content (AvgIpc) is 3.13. The number of aliphatic imine (C=N–C) groups is 1. The van der Waals surface area contributed by atoms with Crippen molar-refractivity contribution in [2.75, 3.05) is 12.3 Å². The van der Waals surface area contributed by atoms with Gasteiger partial charge in [-0.05, 0) is 38.1 Å². The number of rotatable bonds is 5. The van der Waals surface area contributed by atoms with Crippen LogP contribution < -0.4 is 0 Å². The first-order chi connectivity index (χ1) is 12.4. The molecule has 8 heteroatoms. The number of aryl methyl sites for hydroxylation is 2. The number of nitrogens with zero attached hydrogens (tertiary/aromatic N) is 3. The Morgan fingerprint density at radius 2 is 2.15 bits per heavy atom. The highest BCUT2D eigenvalue weighted by atomic mass is 35.5. The van der Waals surface area contributed by atoms with Gasteiger partial charge in [-0.2, -0.15) is 0 Å². The van der Waals surface area contributed by atoms with Crippen LogP contribution in [0.25, 0.3) is 0 Å². The first-order valence-electron chi connectivity index (χ1n) is 8.25. The Labute approximate surface area is 166 Å². The third kappa shape index (κ3) is 4.64. The molecule has 1 atom stereocenters. The number of thioether (sulfide) groups is 2. The maximum atomic E-state index is 12.7. The summed E-state index contributed by atoms with van der Waals surface area (Å²) in [5.41, 5.74) is 2.76. The van der Waals surface area contributed by atoms with Crippen molar-refractivity contribution in [1.82, 2.24) is 10.1 Å². The van der Waals surface area contributed by atoms with E-state index in [-0.39, 0.29) is 5.91 Å². The van der Waals surface area contributed by atoms with E-state index < -0.39 is 0 Å². The minimum Gasteiger partial charge on any atom is -0.361 e. The number of amidine groups is 1. The van der Waals surface area contributed by atoms with Gasteiger partial charge in [-0.3, -0.25) is 9.69 Å². The lowest BCUT2D eigenvalue weighted by Crippen LogP contribution is -2.33. The maximum Gasteiger partial charge on any atom is 0.238 e. The first-order valence-corrected chi connectivity index (χ1v) is 10.7. The SMILES string of the molecule is Cc1noc(C)c1CSCC(=O)N1C[C@@H](C)SC1=Nc1ccc(Cl)cc1. The lowest BCUT2D eigenvalue weighted by atomic mass is 10.2. The zero-order valence-electron chi connectivity index (χ0n) is 14.9. The van der Waals surface area contributed by atoms with Crippen molar-refractivity contribution in [3.8, 4) is 0 Å². The van der Waals surface area contributed by atoms with E-state index in [0.29, 0.717) is 28.3 Å². The van der Waals surface area contributed by atoms with E-state index >= 15 is 0 Å². The molecule has 3 rings (SSSR count). The minimum absolute atomic E-state index is 0.0753. The first kappa shape index (κ1) is 19.3. The second kappa shape index (κ2) is 8.50. The molecule has 0 N–H and O–H groups in total. The highest BCUT2D eigenvalue weighted by Gasteiger charge is 2.30. The van der Waals surface area contributed by atoms with Gasteiger partial charge < -0.3 is 4.52 Å². The van der Waals surface area contributed by atoms with Gasteiger partial charge in [0.1, 0.15) is 5.76 Å². The summed E-state index contributed by atoms with van der Waals surface area (Å²) >= 11 is 9.12. The smallest absolute Gasteiger partial charge is 0.238 e. The summed E-state index contributed by atoms with van der Waals surface area (Å²) in [6.07, 6.45) is 0. The van der Waals surface area contributed by atoms with E-state index in [1.54, 1.807) is 40.6 Å². The summed E-state index contributed by atoms with van der Waals surface area (Å²) in [7, 11) is 0. The number of hydrogen-bond donors (Lipinski definition) is 0. The molecule has 0 bridgehead atoms. The van der Waals surface area contributed by atoms with E-state index in [2.05, 4.69) is 17.1 Å². The second-order valence-electron chi connectivity index (χ2n) is 6.10. The third-order valence-electron chi connectivity index (χ3n) is 3.98. The van der Waals surface area contributed by atoms with Gasteiger partial charge in [0, 0.05) is 28.1 Å². The fraction of sp³-hybridized carbons (Fsp3) is 0.389. The average molecular weight is 410 g/mol. The topological polar surface area (TPSA) is 58.7 Å². The summed E-state index contributed by atoms with van der Waals surface area (Å²) in [5, 5.41) is 5.71. The van der Waals surface area contributed by atoms with Crippen LogP contribution in [0.15, 0.2) is 33.8 Å². The highest BCUT2D eigenvalue weighted by molar-refractivity contribution is 8.14. The Balaban J connectivity index is 1.64. The van der Waals surface area contributed by atoms with Crippen molar-refractivity contribution in [3.63, 3.8) is 0 Å². The number of amides is 1. The van der Waals surface area contributed by atoms with E-state index in [1.165, 1.54) is 0 Å².